The Kier molecular flexibility index (Phi) is 4.95. The van der Waals surface area contributed by atoms with Gasteiger partial charge in [-0.3, -0.25) is 4.79 Å². The van der Waals surface area contributed by atoms with E-state index in [-0.39, 0.29) is 11.8 Å². The summed E-state index contributed by atoms with van der Waals surface area (Å²) in [5.74, 6) is 0.374. The summed E-state index contributed by atoms with van der Waals surface area (Å²) in [5, 5.41) is 10.7. The number of carbonyl (C=O) groups is 1. The van der Waals surface area contributed by atoms with Crippen molar-refractivity contribution >= 4 is 17.5 Å². The Labute approximate surface area is 131 Å². The first-order chi connectivity index (χ1) is 9.79. The van der Waals surface area contributed by atoms with Crippen LogP contribution in [0.15, 0.2) is 24.3 Å². The predicted octanol–water partition coefficient (Wildman–Crippen LogP) is 3.14. The van der Waals surface area contributed by atoms with E-state index in [2.05, 4.69) is 0 Å². The maximum absolute atomic E-state index is 12.7. The second kappa shape index (κ2) is 6.37. The van der Waals surface area contributed by atoms with Crippen molar-refractivity contribution in [3.63, 3.8) is 0 Å². The lowest BCUT2D eigenvalue weighted by molar-refractivity contribution is -0.144. The van der Waals surface area contributed by atoms with Crippen molar-refractivity contribution in [3.8, 4) is 0 Å². The Morgan fingerprint density at radius 3 is 2.81 bits per heavy atom. The molecule has 21 heavy (non-hydrogen) atoms. The van der Waals surface area contributed by atoms with Gasteiger partial charge in [0.25, 0.3) is 0 Å². The summed E-state index contributed by atoms with van der Waals surface area (Å²) in [6, 6.07) is 7.64. The molecule has 1 amide bonds. The van der Waals surface area contributed by atoms with Gasteiger partial charge in [-0.2, -0.15) is 0 Å². The van der Waals surface area contributed by atoms with Crippen LogP contribution in [0, 0.1) is 11.3 Å². The molecule has 2 rings (SSSR count). The van der Waals surface area contributed by atoms with Crippen molar-refractivity contribution in [2.75, 3.05) is 13.1 Å². The average molecular weight is 310 g/mol. The number of hydrogen-bond acceptors (Lipinski definition) is 2. The monoisotopic (exact) mass is 309 g/mol. The number of β-amino-alcohol motifs (C(OH)–C–C–N with tert-alkyl or cyclic N) is 1. The van der Waals surface area contributed by atoms with Gasteiger partial charge in [0.2, 0.25) is 5.91 Å². The lowest BCUT2D eigenvalue weighted by atomic mass is 9.83. The van der Waals surface area contributed by atoms with Crippen LogP contribution in [-0.4, -0.2) is 35.1 Å². The summed E-state index contributed by atoms with van der Waals surface area (Å²) in [6.45, 7) is 7.12. The Hall–Kier alpha value is -1.06. The van der Waals surface area contributed by atoms with Gasteiger partial charge >= 0.3 is 0 Å². The lowest BCUT2D eigenvalue weighted by Gasteiger charge is -2.38. The third kappa shape index (κ3) is 3.98. The summed E-state index contributed by atoms with van der Waals surface area (Å²) < 4.78 is 0. The zero-order valence-electron chi connectivity index (χ0n) is 13.0. The molecule has 0 aliphatic carbocycles. The van der Waals surface area contributed by atoms with E-state index in [0.29, 0.717) is 18.0 Å². The topological polar surface area (TPSA) is 40.5 Å². The van der Waals surface area contributed by atoms with Crippen molar-refractivity contribution < 1.29 is 9.90 Å². The third-order valence-corrected chi connectivity index (χ3v) is 4.56. The van der Waals surface area contributed by atoms with Crippen LogP contribution in [-0.2, 0) is 11.2 Å². The summed E-state index contributed by atoms with van der Waals surface area (Å²) in [6.07, 6.45) is 1.10. The van der Waals surface area contributed by atoms with Gasteiger partial charge in [-0.25, -0.2) is 0 Å². The normalized spacial score (nSPS) is 23.2. The molecule has 0 radical (unpaired) electrons. The lowest BCUT2D eigenvalue weighted by Crippen LogP contribution is -2.50. The van der Waals surface area contributed by atoms with Crippen LogP contribution in [0.5, 0.6) is 0 Å². The second-order valence-electron chi connectivity index (χ2n) is 6.78. The standard InChI is InChI=1S/C17H24ClNO2/c1-12-7-8-19(11-15(12)20)16(21)17(2,3)10-13-5-4-6-14(18)9-13/h4-6,9,12,15,20H,7-8,10-11H2,1-3H3. The molecule has 1 aromatic rings. The number of halogens is 1. The Morgan fingerprint density at radius 1 is 1.48 bits per heavy atom. The van der Waals surface area contributed by atoms with E-state index in [0.717, 1.165) is 18.5 Å². The highest BCUT2D eigenvalue weighted by atomic mass is 35.5. The minimum absolute atomic E-state index is 0.105. The van der Waals surface area contributed by atoms with Crippen LogP contribution in [0.1, 0.15) is 32.8 Å². The summed E-state index contributed by atoms with van der Waals surface area (Å²) in [7, 11) is 0. The molecule has 1 fully saturated rings. The maximum atomic E-state index is 12.7. The second-order valence-corrected chi connectivity index (χ2v) is 7.21. The number of hydrogen-bond donors (Lipinski definition) is 1. The molecule has 0 aromatic heterocycles. The van der Waals surface area contributed by atoms with E-state index in [1.807, 2.05) is 45.0 Å². The van der Waals surface area contributed by atoms with Crippen LogP contribution in [0.2, 0.25) is 5.02 Å². The summed E-state index contributed by atoms with van der Waals surface area (Å²) in [5.41, 5.74) is 0.567. The number of carbonyl (C=O) groups excluding carboxylic acids is 1. The van der Waals surface area contributed by atoms with Crippen molar-refractivity contribution in [1.29, 1.82) is 0 Å². The van der Waals surface area contributed by atoms with Crippen LogP contribution in [0.4, 0.5) is 0 Å². The van der Waals surface area contributed by atoms with Crippen LogP contribution < -0.4 is 0 Å². The number of piperidine rings is 1. The highest BCUT2D eigenvalue weighted by Gasteiger charge is 2.35. The van der Waals surface area contributed by atoms with Crippen LogP contribution in [0.3, 0.4) is 0 Å². The largest absolute Gasteiger partial charge is 0.391 e. The van der Waals surface area contributed by atoms with Gasteiger partial charge in [-0.1, -0.05) is 44.5 Å². The van der Waals surface area contributed by atoms with Gasteiger partial charge in [0.05, 0.1) is 6.10 Å². The van der Waals surface area contributed by atoms with Crippen LogP contribution >= 0.6 is 11.6 Å². The average Bonchev–Trinajstić information content (AvgIpc) is 2.40. The molecule has 4 heteroatoms. The molecule has 116 valence electrons. The molecule has 0 bridgehead atoms. The van der Waals surface area contributed by atoms with E-state index in [1.54, 1.807) is 4.90 Å². The Balaban J connectivity index is 2.06. The zero-order chi connectivity index (χ0) is 15.6. The molecule has 1 aliphatic rings. The number of rotatable bonds is 3. The fraction of sp³-hybridized carbons (Fsp3) is 0.588. The summed E-state index contributed by atoms with van der Waals surface area (Å²) >= 11 is 6.01. The van der Waals surface area contributed by atoms with E-state index in [4.69, 9.17) is 11.6 Å². The number of aliphatic hydroxyl groups excluding tert-OH is 1. The van der Waals surface area contributed by atoms with E-state index >= 15 is 0 Å². The van der Waals surface area contributed by atoms with Crippen molar-refractivity contribution in [2.24, 2.45) is 11.3 Å². The SMILES string of the molecule is CC1CCN(C(=O)C(C)(C)Cc2cccc(Cl)c2)CC1O. The smallest absolute Gasteiger partial charge is 0.228 e. The van der Waals surface area contributed by atoms with E-state index in [1.165, 1.54) is 0 Å². The highest BCUT2D eigenvalue weighted by molar-refractivity contribution is 6.30. The van der Waals surface area contributed by atoms with Gasteiger partial charge in [-0.05, 0) is 36.5 Å². The molecule has 3 nitrogen and oxygen atoms in total. The molecular weight excluding hydrogens is 286 g/mol. The first-order valence-corrected chi connectivity index (χ1v) is 7.89. The Bertz CT molecular complexity index is 515. The molecule has 1 aromatic carbocycles. The van der Waals surface area contributed by atoms with Gasteiger partial charge < -0.3 is 10.0 Å². The summed E-state index contributed by atoms with van der Waals surface area (Å²) in [4.78, 5) is 14.5. The molecule has 1 N–H and O–H groups in total. The molecule has 0 spiro atoms. The number of amides is 1. The van der Waals surface area contributed by atoms with Gasteiger partial charge in [0.1, 0.15) is 0 Å². The van der Waals surface area contributed by atoms with Gasteiger partial charge in [-0.15, -0.1) is 0 Å². The minimum atomic E-state index is -0.495. The molecule has 1 heterocycles. The van der Waals surface area contributed by atoms with Crippen molar-refractivity contribution in [3.05, 3.63) is 34.9 Å². The first kappa shape index (κ1) is 16.3. The molecule has 1 aliphatic heterocycles. The molecule has 2 atom stereocenters. The maximum Gasteiger partial charge on any atom is 0.228 e. The van der Waals surface area contributed by atoms with Crippen molar-refractivity contribution in [2.45, 2.75) is 39.7 Å². The number of aliphatic hydroxyl groups is 1. The van der Waals surface area contributed by atoms with E-state index in [9.17, 15) is 9.90 Å². The van der Waals surface area contributed by atoms with Gasteiger partial charge in [0.15, 0.2) is 0 Å². The molecule has 1 saturated heterocycles. The quantitative estimate of drug-likeness (QED) is 0.932. The first-order valence-electron chi connectivity index (χ1n) is 7.51. The molecule has 0 saturated carbocycles. The Morgan fingerprint density at radius 2 is 2.19 bits per heavy atom. The molecular formula is C17H24ClNO2. The third-order valence-electron chi connectivity index (χ3n) is 4.32. The zero-order valence-corrected chi connectivity index (χ0v) is 13.7. The number of nitrogens with zero attached hydrogens (tertiary/aromatic N) is 1. The molecule has 2 unspecified atom stereocenters. The number of likely N-dealkylation sites (tertiary alicyclic amines) is 1. The van der Waals surface area contributed by atoms with Gasteiger partial charge in [0, 0.05) is 23.5 Å². The minimum Gasteiger partial charge on any atom is -0.391 e. The fourth-order valence-electron chi connectivity index (χ4n) is 2.89. The highest BCUT2D eigenvalue weighted by Crippen LogP contribution is 2.28. The van der Waals surface area contributed by atoms with Crippen LogP contribution in [0.25, 0.3) is 0 Å². The fourth-order valence-corrected chi connectivity index (χ4v) is 3.11. The number of benzene rings is 1. The van der Waals surface area contributed by atoms with Crippen molar-refractivity contribution in [1.82, 2.24) is 4.90 Å². The predicted molar refractivity (Wildman–Crippen MR) is 85.3 cm³/mol. The van der Waals surface area contributed by atoms with E-state index < -0.39 is 11.5 Å².